The van der Waals surface area contributed by atoms with Crippen LogP contribution in [0.25, 0.3) is 11.0 Å². The van der Waals surface area contributed by atoms with Crippen molar-refractivity contribution in [1.29, 1.82) is 0 Å². The number of rotatable bonds is 10. The van der Waals surface area contributed by atoms with Crippen molar-refractivity contribution in [2.45, 2.75) is 25.9 Å². The molecule has 28 heavy (non-hydrogen) atoms. The monoisotopic (exact) mass is 401 g/mol. The van der Waals surface area contributed by atoms with E-state index in [9.17, 15) is 4.79 Å². The van der Waals surface area contributed by atoms with Gasteiger partial charge >= 0.3 is 0 Å². The van der Waals surface area contributed by atoms with Crippen LogP contribution in [0.1, 0.15) is 18.7 Å². The molecule has 0 fully saturated rings. The topological polar surface area (TPSA) is 65.4 Å². The lowest BCUT2D eigenvalue weighted by Gasteiger charge is -2.11. The van der Waals surface area contributed by atoms with Crippen LogP contribution in [0.3, 0.4) is 0 Å². The molecule has 1 aromatic heterocycles. The summed E-state index contributed by atoms with van der Waals surface area (Å²) in [6.45, 7) is 1.80. The lowest BCUT2D eigenvalue weighted by atomic mass is 10.3. The van der Waals surface area contributed by atoms with Gasteiger partial charge in [-0.2, -0.15) is 0 Å². The van der Waals surface area contributed by atoms with Gasteiger partial charge in [-0.25, -0.2) is 4.98 Å². The van der Waals surface area contributed by atoms with Crippen molar-refractivity contribution in [3.8, 4) is 5.75 Å². The Morgan fingerprint density at radius 1 is 1.14 bits per heavy atom. The van der Waals surface area contributed by atoms with Crippen molar-refractivity contribution in [2.75, 3.05) is 20.3 Å². The molecule has 3 rings (SSSR count). The molecule has 1 N–H and O–H groups in total. The molecule has 0 saturated carbocycles. The maximum atomic E-state index is 11.7. The second kappa shape index (κ2) is 10.1. The Morgan fingerprint density at radius 2 is 1.93 bits per heavy atom. The highest BCUT2D eigenvalue weighted by Gasteiger charge is 2.11. The van der Waals surface area contributed by atoms with Crippen molar-refractivity contribution in [1.82, 2.24) is 14.9 Å². The minimum atomic E-state index is -0.158. The zero-order valence-corrected chi connectivity index (χ0v) is 16.6. The van der Waals surface area contributed by atoms with Crippen molar-refractivity contribution >= 4 is 28.5 Å². The Hall–Kier alpha value is -2.57. The summed E-state index contributed by atoms with van der Waals surface area (Å²) in [6, 6.07) is 15.5. The third kappa shape index (κ3) is 5.24. The number of fused-ring (bicyclic) bond motifs is 1. The number of halogens is 1. The predicted octanol–water partition coefficient (Wildman–Crippen LogP) is 3.81. The van der Waals surface area contributed by atoms with E-state index in [0.29, 0.717) is 23.9 Å². The number of amides is 1. The van der Waals surface area contributed by atoms with E-state index in [-0.39, 0.29) is 12.5 Å². The molecule has 0 aliphatic heterocycles. The fourth-order valence-corrected chi connectivity index (χ4v) is 3.18. The van der Waals surface area contributed by atoms with Gasteiger partial charge in [0.15, 0.2) is 0 Å². The zero-order chi connectivity index (χ0) is 19.8. The number of hydrogen-bond acceptors (Lipinski definition) is 4. The molecular weight excluding hydrogens is 378 g/mol. The number of para-hydroxylation sites is 3. The summed E-state index contributed by atoms with van der Waals surface area (Å²) in [6.07, 6.45) is 1.80. The van der Waals surface area contributed by atoms with Crippen LogP contribution in [0.15, 0.2) is 48.5 Å². The minimum Gasteiger partial charge on any atom is -0.492 e. The molecule has 0 bridgehead atoms. The lowest BCUT2D eigenvalue weighted by Crippen LogP contribution is -2.28. The van der Waals surface area contributed by atoms with Crippen molar-refractivity contribution in [3.63, 3.8) is 0 Å². The number of unbranched alkanes of at least 4 members (excludes halogenated alkanes) is 1. The number of aromatic nitrogens is 2. The number of carbonyl (C=O) groups is 1. The average molecular weight is 402 g/mol. The van der Waals surface area contributed by atoms with Crippen LogP contribution >= 0.6 is 11.6 Å². The average Bonchev–Trinajstić information content (AvgIpc) is 3.05. The Morgan fingerprint density at radius 3 is 2.75 bits per heavy atom. The molecule has 6 nitrogen and oxygen atoms in total. The first-order chi connectivity index (χ1) is 13.7. The molecule has 0 radical (unpaired) electrons. The summed E-state index contributed by atoms with van der Waals surface area (Å²) >= 11 is 6.11. The summed E-state index contributed by atoms with van der Waals surface area (Å²) in [5.74, 6) is 1.38. The number of aryl methyl sites for hydroxylation is 1. The normalized spacial score (nSPS) is 10.9. The van der Waals surface area contributed by atoms with Gasteiger partial charge in [-0.3, -0.25) is 4.79 Å². The van der Waals surface area contributed by atoms with E-state index in [1.807, 2.05) is 48.5 Å². The number of carbonyl (C=O) groups excluding carboxylic acids is 1. The molecule has 7 heteroatoms. The SMILES string of the molecule is COCC(=O)NCc1nc2ccccc2n1CCCCOc1ccccc1Cl. The Labute approximate surface area is 169 Å². The van der Waals surface area contributed by atoms with E-state index in [2.05, 4.69) is 14.9 Å². The zero-order valence-electron chi connectivity index (χ0n) is 15.9. The van der Waals surface area contributed by atoms with Crippen LogP contribution in [0, 0.1) is 0 Å². The minimum absolute atomic E-state index is 0.0413. The Kier molecular flexibility index (Phi) is 7.28. The van der Waals surface area contributed by atoms with Gasteiger partial charge in [0.05, 0.1) is 29.2 Å². The number of hydrogen-bond donors (Lipinski definition) is 1. The molecule has 0 unspecified atom stereocenters. The first kappa shape index (κ1) is 20.2. The van der Waals surface area contributed by atoms with E-state index < -0.39 is 0 Å². The highest BCUT2D eigenvalue weighted by Crippen LogP contribution is 2.23. The third-order valence-electron chi connectivity index (χ3n) is 4.32. The van der Waals surface area contributed by atoms with Gasteiger partial charge in [-0.05, 0) is 37.1 Å². The van der Waals surface area contributed by atoms with E-state index in [1.165, 1.54) is 7.11 Å². The standard InChI is InChI=1S/C21H24ClN3O3/c1-27-15-21(26)23-14-20-24-17-9-3-4-10-18(17)25(20)12-6-7-13-28-19-11-5-2-8-16(19)22/h2-5,8-11H,6-7,12-15H2,1H3,(H,23,26). The van der Waals surface area contributed by atoms with Crippen LogP contribution < -0.4 is 10.1 Å². The molecule has 0 spiro atoms. The van der Waals surface area contributed by atoms with Crippen molar-refractivity contribution < 1.29 is 14.3 Å². The summed E-state index contributed by atoms with van der Waals surface area (Å²) < 4.78 is 12.8. The van der Waals surface area contributed by atoms with Gasteiger partial charge in [0, 0.05) is 13.7 Å². The maximum Gasteiger partial charge on any atom is 0.246 e. The second-order valence-corrected chi connectivity index (χ2v) is 6.77. The highest BCUT2D eigenvalue weighted by atomic mass is 35.5. The maximum absolute atomic E-state index is 11.7. The smallest absolute Gasteiger partial charge is 0.246 e. The van der Waals surface area contributed by atoms with E-state index >= 15 is 0 Å². The Bertz CT molecular complexity index is 926. The van der Waals surface area contributed by atoms with E-state index in [4.69, 9.17) is 21.1 Å². The number of ether oxygens (including phenoxy) is 2. The van der Waals surface area contributed by atoms with Gasteiger partial charge < -0.3 is 19.4 Å². The number of nitrogens with one attached hydrogen (secondary N) is 1. The molecule has 3 aromatic rings. The van der Waals surface area contributed by atoms with E-state index in [0.717, 1.165) is 36.2 Å². The quantitative estimate of drug-likeness (QED) is 0.524. The summed E-state index contributed by atoms with van der Waals surface area (Å²) in [4.78, 5) is 16.4. The molecular formula is C21H24ClN3O3. The van der Waals surface area contributed by atoms with Crippen LogP contribution in [-0.4, -0.2) is 35.8 Å². The van der Waals surface area contributed by atoms with Crippen molar-refractivity contribution in [2.24, 2.45) is 0 Å². The molecule has 0 saturated heterocycles. The van der Waals surface area contributed by atoms with Gasteiger partial charge in [-0.15, -0.1) is 0 Å². The molecule has 0 aliphatic rings. The summed E-state index contributed by atoms with van der Waals surface area (Å²) in [7, 11) is 1.50. The molecule has 148 valence electrons. The fraction of sp³-hybridized carbons (Fsp3) is 0.333. The molecule has 1 heterocycles. The van der Waals surface area contributed by atoms with Crippen LogP contribution in [-0.2, 0) is 22.6 Å². The lowest BCUT2D eigenvalue weighted by molar-refractivity contribution is -0.124. The first-order valence-corrected chi connectivity index (χ1v) is 9.64. The number of imidazole rings is 1. The van der Waals surface area contributed by atoms with Gasteiger partial charge in [-0.1, -0.05) is 35.9 Å². The molecule has 1 amide bonds. The molecule has 0 atom stereocenters. The third-order valence-corrected chi connectivity index (χ3v) is 4.64. The number of benzene rings is 2. The second-order valence-electron chi connectivity index (χ2n) is 6.36. The van der Waals surface area contributed by atoms with Gasteiger partial charge in [0.2, 0.25) is 5.91 Å². The Balaban J connectivity index is 1.58. The predicted molar refractivity (Wildman–Crippen MR) is 110 cm³/mol. The van der Waals surface area contributed by atoms with Gasteiger partial charge in [0.1, 0.15) is 18.2 Å². The van der Waals surface area contributed by atoms with Crippen LogP contribution in [0.2, 0.25) is 5.02 Å². The fourth-order valence-electron chi connectivity index (χ4n) is 2.99. The number of methoxy groups -OCH3 is 1. The van der Waals surface area contributed by atoms with E-state index in [1.54, 1.807) is 0 Å². The van der Waals surface area contributed by atoms with Crippen LogP contribution in [0.5, 0.6) is 5.75 Å². The summed E-state index contributed by atoms with van der Waals surface area (Å²) in [5, 5.41) is 3.47. The molecule has 2 aromatic carbocycles. The molecule has 0 aliphatic carbocycles. The first-order valence-electron chi connectivity index (χ1n) is 9.26. The summed E-state index contributed by atoms with van der Waals surface area (Å²) in [5.41, 5.74) is 1.98. The van der Waals surface area contributed by atoms with Crippen LogP contribution in [0.4, 0.5) is 0 Å². The highest BCUT2D eigenvalue weighted by molar-refractivity contribution is 6.32. The largest absolute Gasteiger partial charge is 0.492 e. The van der Waals surface area contributed by atoms with Crippen molar-refractivity contribution in [3.05, 3.63) is 59.4 Å². The van der Waals surface area contributed by atoms with Gasteiger partial charge in [0.25, 0.3) is 0 Å². The number of nitrogens with zero attached hydrogens (tertiary/aromatic N) is 2.